The summed E-state index contributed by atoms with van der Waals surface area (Å²) in [5.41, 5.74) is 0. The SMILES string of the molecule is CCCCC/C=C\C/C=C\C/C=C\C/C=C\CCCCCC(=O)OC1C(OCC(NC(=O)C(O)CCCCCCCCCCCCCCCCCCCCCC)C(O)/C=C/CCCCCCCCCCCCC)OC(CO)C(O)C1O. The Labute approximate surface area is 497 Å². The molecule has 11 heteroatoms. The van der Waals surface area contributed by atoms with E-state index in [0.29, 0.717) is 19.3 Å². The summed E-state index contributed by atoms with van der Waals surface area (Å²) < 4.78 is 17.6. The van der Waals surface area contributed by atoms with E-state index in [4.69, 9.17) is 14.2 Å². The third kappa shape index (κ3) is 45.4. The minimum Gasteiger partial charge on any atom is -0.454 e. The normalized spacial score (nSPS) is 19.0. The van der Waals surface area contributed by atoms with Gasteiger partial charge in [-0.05, 0) is 70.6 Å². The highest BCUT2D eigenvalue weighted by molar-refractivity contribution is 5.80. The number of aliphatic hydroxyl groups is 5. The maximum atomic E-state index is 13.5. The zero-order chi connectivity index (χ0) is 58.9. The largest absolute Gasteiger partial charge is 0.454 e. The van der Waals surface area contributed by atoms with E-state index in [1.165, 1.54) is 186 Å². The number of rotatable bonds is 58. The fraction of sp³-hybridized carbons (Fsp3) is 0.829. The van der Waals surface area contributed by atoms with E-state index >= 15 is 0 Å². The van der Waals surface area contributed by atoms with E-state index in [0.717, 1.165) is 77.0 Å². The van der Waals surface area contributed by atoms with Crippen LogP contribution in [0.2, 0.25) is 0 Å². The number of hydrogen-bond donors (Lipinski definition) is 6. The van der Waals surface area contributed by atoms with Gasteiger partial charge in [-0.2, -0.15) is 0 Å². The molecule has 81 heavy (non-hydrogen) atoms. The molecule has 1 aliphatic heterocycles. The molecule has 1 heterocycles. The van der Waals surface area contributed by atoms with Crippen LogP contribution in [0.15, 0.2) is 60.8 Å². The molecule has 472 valence electrons. The van der Waals surface area contributed by atoms with Crippen LogP contribution >= 0.6 is 0 Å². The highest BCUT2D eigenvalue weighted by atomic mass is 16.7. The number of unbranched alkanes of at least 4 members (excludes halogenated alkanes) is 36. The number of nitrogens with one attached hydrogen (secondary N) is 1. The molecule has 0 aromatic carbocycles. The first-order chi connectivity index (χ1) is 39.7. The number of amides is 1. The molecule has 1 fully saturated rings. The molecule has 6 N–H and O–H groups in total. The average Bonchev–Trinajstić information content (AvgIpc) is 3.47. The lowest BCUT2D eigenvalue weighted by Crippen LogP contribution is -2.61. The van der Waals surface area contributed by atoms with Crippen molar-refractivity contribution >= 4 is 11.9 Å². The van der Waals surface area contributed by atoms with E-state index in [1.54, 1.807) is 6.08 Å². The van der Waals surface area contributed by atoms with Crippen molar-refractivity contribution in [3.63, 3.8) is 0 Å². The van der Waals surface area contributed by atoms with Crippen LogP contribution in [-0.4, -0.2) is 99.6 Å². The lowest BCUT2D eigenvalue weighted by molar-refractivity contribution is -0.305. The van der Waals surface area contributed by atoms with E-state index in [2.05, 4.69) is 74.7 Å². The van der Waals surface area contributed by atoms with Crippen molar-refractivity contribution in [2.24, 2.45) is 0 Å². The predicted molar refractivity (Wildman–Crippen MR) is 338 cm³/mol. The fourth-order valence-corrected chi connectivity index (χ4v) is 10.5. The van der Waals surface area contributed by atoms with Crippen LogP contribution in [0.5, 0.6) is 0 Å². The smallest absolute Gasteiger partial charge is 0.306 e. The van der Waals surface area contributed by atoms with Gasteiger partial charge in [0.1, 0.15) is 24.4 Å². The Balaban J connectivity index is 2.65. The van der Waals surface area contributed by atoms with Crippen LogP contribution in [0.3, 0.4) is 0 Å². The standard InChI is InChI=1S/C70H127NO10/c1-4-7-10-13-16-19-22-25-27-29-31-33-34-36-39-42-45-48-51-54-57-63(74)69(78)71-61(62(73)56-53-50-47-44-41-38-24-21-18-15-12-9-6-3)60-79-70-68(67(77)66(76)64(59-72)80-70)81-65(75)58-55-52-49-46-43-40-37-35-32-30-28-26-23-20-17-14-11-8-5-2/h17,20,26,28,32,35,40,43,53,56,61-64,66-68,70,72-74,76-77H,4-16,18-19,21-25,27,29-31,33-34,36-39,41-42,44-52,54-55,57-60H2,1-3H3,(H,71,78)/b20-17-,28-26-,35-32-,43-40-,56-53+. The summed E-state index contributed by atoms with van der Waals surface area (Å²) >= 11 is 0. The monoisotopic (exact) mass is 1140 g/mol. The molecule has 0 aromatic rings. The summed E-state index contributed by atoms with van der Waals surface area (Å²) in [6.07, 6.45) is 62.5. The van der Waals surface area contributed by atoms with E-state index in [-0.39, 0.29) is 13.0 Å². The fourth-order valence-electron chi connectivity index (χ4n) is 10.5. The lowest BCUT2D eigenvalue weighted by atomic mass is 9.99. The molecule has 0 aromatic heterocycles. The van der Waals surface area contributed by atoms with Gasteiger partial charge in [-0.1, -0.05) is 293 Å². The highest BCUT2D eigenvalue weighted by Crippen LogP contribution is 2.26. The van der Waals surface area contributed by atoms with E-state index < -0.39 is 67.4 Å². The van der Waals surface area contributed by atoms with Gasteiger partial charge < -0.3 is 45.1 Å². The van der Waals surface area contributed by atoms with Gasteiger partial charge in [0.2, 0.25) is 5.91 Å². The van der Waals surface area contributed by atoms with Crippen LogP contribution in [0, 0.1) is 0 Å². The van der Waals surface area contributed by atoms with Gasteiger partial charge in [0.05, 0.1) is 25.4 Å². The number of ether oxygens (including phenoxy) is 3. The summed E-state index contributed by atoms with van der Waals surface area (Å²) in [4.78, 5) is 26.6. The van der Waals surface area contributed by atoms with Gasteiger partial charge >= 0.3 is 5.97 Å². The molecular weight excluding hydrogens is 1010 g/mol. The van der Waals surface area contributed by atoms with Crippen LogP contribution in [0.1, 0.15) is 310 Å². The van der Waals surface area contributed by atoms with Gasteiger partial charge in [-0.25, -0.2) is 0 Å². The van der Waals surface area contributed by atoms with Gasteiger partial charge in [0.15, 0.2) is 12.4 Å². The number of carbonyl (C=O) groups excluding carboxylic acids is 2. The minimum atomic E-state index is -1.63. The molecule has 8 unspecified atom stereocenters. The lowest BCUT2D eigenvalue weighted by Gasteiger charge is -2.41. The first-order valence-electron chi connectivity index (χ1n) is 34.1. The molecule has 0 radical (unpaired) electrons. The molecule has 0 saturated carbocycles. The average molecular weight is 1140 g/mol. The first-order valence-corrected chi connectivity index (χ1v) is 34.1. The van der Waals surface area contributed by atoms with Crippen molar-refractivity contribution < 1.29 is 49.3 Å². The predicted octanol–water partition coefficient (Wildman–Crippen LogP) is 17.0. The van der Waals surface area contributed by atoms with Crippen molar-refractivity contribution in [1.82, 2.24) is 5.32 Å². The van der Waals surface area contributed by atoms with Gasteiger partial charge in [-0.15, -0.1) is 0 Å². The second-order valence-corrected chi connectivity index (χ2v) is 23.6. The van der Waals surface area contributed by atoms with Gasteiger partial charge in [0, 0.05) is 6.42 Å². The van der Waals surface area contributed by atoms with Crippen LogP contribution < -0.4 is 5.32 Å². The Hall–Kier alpha value is -2.64. The minimum absolute atomic E-state index is 0.0861. The summed E-state index contributed by atoms with van der Waals surface area (Å²) in [6, 6.07) is -1.03. The molecule has 1 saturated heterocycles. The Morgan fingerprint density at radius 1 is 0.481 bits per heavy atom. The summed E-state index contributed by atoms with van der Waals surface area (Å²) in [5, 5.41) is 57.2. The molecule has 0 spiro atoms. The van der Waals surface area contributed by atoms with Crippen molar-refractivity contribution in [2.75, 3.05) is 13.2 Å². The van der Waals surface area contributed by atoms with Gasteiger partial charge in [0.25, 0.3) is 0 Å². The third-order valence-corrected chi connectivity index (χ3v) is 15.9. The zero-order valence-electron chi connectivity index (χ0n) is 52.4. The summed E-state index contributed by atoms with van der Waals surface area (Å²) in [7, 11) is 0. The Bertz CT molecular complexity index is 1550. The Kier molecular flexibility index (Phi) is 54.5. The van der Waals surface area contributed by atoms with Gasteiger partial charge in [-0.3, -0.25) is 9.59 Å². The second-order valence-electron chi connectivity index (χ2n) is 23.6. The molecule has 0 aliphatic carbocycles. The molecule has 11 nitrogen and oxygen atoms in total. The zero-order valence-corrected chi connectivity index (χ0v) is 52.4. The summed E-state index contributed by atoms with van der Waals surface area (Å²) in [6.45, 7) is 5.78. The van der Waals surface area contributed by atoms with Crippen LogP contribution in [0.4, 0.5) is 0 Å². The van der Waals surface area contributed by atoms with Crippen molar-refractivity contribution in [2.45, 2.75) is 359 Å². The Morgan fingerprint density at radius 3 is 1.30 bits per heavy atom. The van der Waals surface area contributed by atoms with E-state index in [9.17, 15) is 35.1 Å². The quantitative estimate of drug-likeness (QED) is 0.0195. The van der Waals surface area contributed by atoms with Crippen LogP contribution in [-0.2, 0) is 23.8 Å². The molecular formula is C70H127NO10. The molecule has 0 bridgehead atoms. The maximum Gasteiger partial charge on any atom is 0.306 e. The number of esters is 1. The number of aliphatic hydroxyl groups excluding tert-OH is 5. The topological polar surface area (TPSA) is 175 Å². The van der Waals surface area contributed by atoms with E-state index in [1.807, 2.05) is 6.08 Å². The maximum absolute atomic E-state index is 13.5. The van der Waals surface area contributed by atoms with Crippen molar-refractivity contribution in [1.29, 1.82) is 0 Å². The molecule has 8 atom stereocenters. The highest BCUT2D eigenvalue weighted by Gasteiger charge is 2.47. The first kappa shape index (κ1) is 76.4. The molecule has 1 rings (SSSR count). The number of hydrogen-bond acceptors (Lipinski definition) is 10. The van der Waals surface area contributed by atoms with Crippen molar-refractivity contribution in [3.8, 4) is 0 Å². The number of allylic oxidation sites excluding steroid dienone is 9. The third-order valence-electron chi connectivity index (χ3n) is 15.9. The van der Waals surface area contributed by atoms with Crippen LogP contribution in [0.25, 0.3) is 0 Å². The number of carbonyl (C=O) groups is 2. The Morgan fingerprint density at radius 2 is 0.852 bits per heavy atom. The molecule has 1 amide bonds. The second kappa shape index (κ2) is 57.8. The molecule has 1 aliphatic rings. The van der Waals surface area contributed by atoms with Crippen molar-refractivity contribution in [3.05, 3.63) is 60.8 Å². The summed E-state index contributed by atoms with van der Waals surface area (Å²) in [5.74, 6) is -1.22.